The van der Waals surface area contributed by atoms with E-state index in [1.807, 2.05) is 32.9 Å². The van der Waals surface area contributed by atoms with E-state index in [4.69, 9.17) is 4.74 Å². The minimum atomic E-state index is -1.03. The highest BCUT2D eigenvalue weighted by Gasteiger charge is 2.50. The Morgan fingerprint density at radius 3 is 2.17 bits per heavy atom. The van der Waals surface area contributed by atoms with Crippen molar-refractivity contribution in [1.82, 2.24) is 10.2 Å². The van der Waals surface area contributed by atoms with Gasteiger partial charge < -0.3 is 10.1 Å². The molecule has 3 atom stereocenters. The Balaban J connectivity index is 1.95. The molecule has 0 aromatic heterocycles. The van der Waals surface area contributed by atoms with Crippen LogP contribution in [0.4, 0.5) is 0 Å². The molecule has 2 rings (SSSR count). The van der Waals surface area contributed by atoms with Gasteiger partial charge in [0.25, 0.3) is 5.91 Å². The van der Waals surface area contributed by atoms with E-state index >= 15 is 0 Å². The van der Waals surface area contributed by atoms with Gasteiger partial charge in [0.1, 0.15) is 6.04 Å². The number of ether oxygens (including phenoxy) is 1. The van der Waals surface area contributed by atoms with Gasteiger partial charge in [0.2, 0.25) is 11.8 Å². The summed E-state index contributed by atoms with van der Waals surface area (Å²) in [6.45, 7) is 6.45. The fourth-order valence-corrected chi connectivity index (χ4v) is 3.02. The molecule has 0 spiro atoms. The van der Waals surface area contributed by atoms with Crippen LogP contribution in [0.1, 0.15) is 40.5 Å². The first-order valence-corrected chi connectivity index (χ1v) is 8.11. The van der Waals surface area contributed by atoms with Crippen LogP contribution in [-0.2, 0) is 23.9 Å². The number of amides is 3. The van der Waals surface area contributed by atoms with Crippen LogP contribution in [-0.4, -0.2) is 46.8 Å². The zero-order valence-electron chi connectivity index (χ0n) is 14.5. The van der Waals surface area contributed by atoms with Crippen LogP contribution in [0.3, 0.4) is 0 Å². The largest absolute Gasteiger partial charge is 0.454 e. The van der Waals surface area contributed by atoms with Crippen LogP contribution in [0.5, 0.6) is 0 Å². The summed E-state index contributed by atoms with van der Waals surface area (Å²) >= 11 is 0. The first kappa shape index (κ1) is 18.2. The van der Waals surface area contributed by atoms with Gasteiger partial charge in [-0.3, -0.25) is 19.3 Å². The Morgan fingerprint density at radius 1 is 1.21 bits per heavy atom. The topological polar surface area (TPSA) is 92.8 Å². The van der Waals surface area contributed by atoms with Crippen LogP contribution in [0, 0.1) is 11.8 Å². The summed E-state index contributed by atoms with van der Waals surface area (Å²) in [7, 11) is 0. The molecule has 0 radical (unpaired) electrons. The Morgan fingerprint density at radius 2 is 1.71 bits per heavy atom. The molecule has 0 unspecified atom stereocenters. The lowest BCUT2D eigenvalue weighted by molar-refractivity contribution is -0.159. The van der Waals surface area contributed by atoms with Gasteiger partial charge in [-0.05, 0) is 40.5 Å². The van der Waals surface area contributed by atoms with Gasteiger partial charge in [0.15, 0.2) is 6.61 Å². The molecule has 7 nitrogen and oxygen atoms in total. The smallest absolute Gasteiger partial charge is 0.329 e. The third-order valence-electron chi connectivity index (χ3n) is 4.13. The fraction of sp³-hybridized carbons (Fsp3) is 0.647. The second kappa shape index (κ2) is 6.75. The van der Waals surface area contributed by atoms with Crippen LogP contribution >= 0.6 is 0 Å². The van der Waals surface area contributed by atoms with Gasteiger partial charge in [-0.2, -0.15) is 0 Å². The summed E-state index contributed by atoms with van der Waals surface area (Å²) in [6.07, 6.45) is 4.80. The zero-order chi connectivity index (χ0) is 18.1. The van der Waals surface area contributed by atoms with Crippen molar-refractivity contribution in [1.29, 1.82) is 0 Å². The lowest BCUT2D eigenvalue weighted by Crippen LogP contribution is -2.46. The molecule has 1 N–H and O–H groups in total. The standard InChI is InChI=1S/C17H24N2O5/c1-10(16(23)24-9-13(20)18-17(2,3)4)19-14(21)11-7-5-6-8-12(11)15(19)22/h5-6,10-12H,7-9H2,1-4H3,(H,18,20)/t10-,11-,12-/m0/s1. The average Bonchev–Trinajstić information content (AvgIpc) is 2.74. The summed E-state index contributed by atoms with van der Waals surface area (Å²) in [5.41, 5.74) is -0.432. The third-order valence-corrected chi connectivity index (χ3v) is 4.13. The Kier molecular flexibility index (Phi) is 5.11. The normalized spacial score (nSPS) is 24.6. The minimum Gasteiger partial charge on any atom is -0.454 e. The number of esters is 1. The number of hydrogen-bond donors (Lipinski definition) is 1. The summed E-state index contributed by atoms with van der Waals surface area (Å²) < 4.78 is 4.96. The Bertz CT molecular complexity index is 564. The fourth-order valence-electron chi connectivity index (χ4n) is 3.02. The van der Waals surface area contributed by atoms with Crippen molar-refractivity contribution < 1.29 is 23.9 Å². The van der Waals surface area contributed by atoms with Gasteiger partial charge in [-0.25, -0.2) is 4.79 Å². The van der Waals surface area contributed by atoms with Gasteiger partial charge in [0, 0.05) is 5.54 Å². The van der Waals surface area contributed by atoms with Crippen molar-refractivity contribution in [3.8, 4) is 0 Å². The first-order valence-electron chi connectivity index (χ1n) is 8.11. The molecule has 2 aliphatic rings. The summed E-state index contributed by atoms with van der Waals surface area (Å²) in [4.78, 5) is 49.6. The molecule has 132 valence electrons. The first-order chi connectivity index (χ1) is 11.1. The second-order valence-electron chi connectivity index (χ2n) is 7.28. The molecule has 1 aliphatic heterocycles. The van der Waals surface area contributed by atoms with Crippen molar-refractivity contribution in [3.63, 3.8) is 0 Å². The van der Waals surface area contributed by atoms with E-state index in [1.54, 1.807) is 0 Å². The molecule has 1 aliphatic carbocycles. The van der Waals surface area contributed by atoms with E-state index in [9.17, 15) is 19.2 Å². The monoisotopic (exact) mass is 336 g/mol. The maximum atomic E-state index is 12.4. The molecule has 24 heavy (non-hydrogen) atoms. The highest BCUT2D eigenvalue weighted by Crippen LogP contribution is 2.36. The number of hydrogen-bond acceptors (Lipinski definition) is 5. The Hall–Kier alpha value is -2.18. The number of fused-ring (bicyclic) bond motifs is 1. The van der Waals surface area contributed by atoms with E-state index in [0.29, 0.717) is 12.8 Å². The second-order valence-corrected chi connectivity index (χ2v) is 7.28. The molecular formula is C17H24N2O5. The van der Waals surface area contributed by atoms with E-state index < -0.39 is 30.1 Å². The summed E-state index contributed by atoms with van der Waals surface area (Å²) in [5, 5.41) is 2.67. The summed E-state index contributed by atoms with van der Waals surface area (Å²) in [6, 6.07) is -1.03. The average molecular weight is 336 g/mol. The summed E-state index contributed by atoms with van der Waals surface area (Å²) in [5.74, 6) is -2.63. The maximum absolute atomic E-state index is 12.4. The van der Waals surface area contributed by atoms with E-state index in [0.717, 1.165) is 4.90 Å². The lowest BCUT2D eigenvalue weighted by Gasteiger charge is -2.23. The van der Waals surface area contributed by atoms with Crippen LogP contribution in [0.25, 0.3) is 0 Å². The van der Waals surface area contributed by atoms with Crippen molar-refractivity contribution in [2.24, 2.45) is 11.8 Å². The zero-order valence-corrected chi connectivity index (χ0v) is 14.5. The highest BCUT2D eigenvalue weighted by molar-refractivity contribution is 6.08. The van der Waals surface area contributed by atoms with Gasteiger partial charge >= 0.3 is 5.97 Å². The van der Waals surface area contributed by atoms with E-state index in [1.165, 1.54) is 6.92 Å². The van der Waals surface area contributed by atoms with Gasteiger partial charge in [0.05, 0.1) is 11.8 Å². The molecule has 0 saturated carbocycles. The third kappa shape index (κ3) is 3.83. The van der Waals surface area contributed by atoms with E-state index in [-0.39, 0.29) is 23.7 Å². The highest BCUT2D eigenvalue weighted by atomic mass is 16.5. The molecule has 0 aromatic carbocycles. The van der Waals surface area contributed by atoms with Gasteiger partial charge in [-0.15, -0.1) is 0 Å². The van der Waals surface area contributed by atoms with Crippen molar-refractivity contribution in [2.45, 2.75) is 52.1 Å². The van der Waals surface area contributed by atoms with E-state index in [2.05, 4.69) is 5.32 Å². The Labute approximate surface area is 141 Å². The SMILES string of the molecule is C[C@@H](C(=O)OCC(=O)NC(C)(C)C)N1C(=O)[C@H]2CC=CC[C@@H]2C1=O. The molecule has 0 aromatic rings. The predicted octanol–water partition coefficient (Wildman–Crippen LogP) is 0.784. The van der Waals surface area contributed by atoms with Crippen molar-refractivity contribution in [3.05, 3.63) is 12.2 Å². The molecule has 1 fully saturated rings. The molecule has 7 heteroatoms. The molecule has 0 bridgehead atoms. The maximum Gasteiger partial charge on any atom is 0.329 e. The lowest BCUT2D eigenvalue weighted by atomic mass is 9.85. The predicted molar refractivity (Wildman–Crippen MR) is 85.5 cm³/mol. The van der Waals surface area contributed by atoms with Crippen molar-refractivity contribution in [2.75, 3.05) is 6.61 Å². The molecular weight excluding hydrogens is 312 g/mol. The number of nitrogens with one attached hydrogen (secondary N) is 1. The number of rotatable bonds is 4. The number of allylic oxidation sites excluding steroid dienone is 2. The molecule has 1 saturated heterocycles. The van der Waals surface area contributed by atoms with Crippen LogP contribution < -0.4 is 5.32 Å². The number of likely N-dealkylation sites (tertiary alicyclic amines) is 1. The van der Waals surface area contributed by atoms with Crippen LogP contribution in [0.2, 0.25) is 0 Å². The minimum absolute atomic E-state index is 0.335. The number of carbonyl (C=O) groups excluding carboxylic acids is 4. The number of nitrogens with zero attached hydrogens (tertiary/aromatic N) is 1. The number of imide groups is 1. The molecule has 3 amide bonds. The quantitative estimate of drug-likeness (QED) is 0.465. The van der Waals surface area contributed by atoms with Gasteiger partial charge in [-0.1, -0.05) is 12.2 Å². The van der Waals surface area contributed by atoms with Crippen LogP contribution in [0.15, 0.2) is 12.2 Å². The number of carbonyl (C=O) groups is 4. The molecule has 1 heterocycles. The van der Waals surface area contributed by atoms with Crippen molar-refractivity contribution >= 4 is 23.7 Å².